The number of nitrogens with one attached hydrogen (secondary N) is 1. The molecular weight excluding hydrogens is 450 g/mol. The SMILES string of the molecule is O=C(CSc1nnc(Cc2cccs2)n1CCc1ccccc1)Nc1cc(F)cc(F)c1. The molecule has 4 aromatic rings. The van der Waals surface area contributed by atoms with Crippen LogP contribution in [-0.2, 0) is 24.2 Å². The number of rotatable bonds is 9. The van der Waals surface area contributed by atoms with E-state index in [1.54, 1.807) is 11.3 Å². The van der Waals surface area contributed by atoms with Crippen LogP contribution < -0.4 is 5.32 Å². The van der Waals surface area contributed by atoms with E-state index >= 15 is 0 Å². The smallest absolute Gasteiger partial charge is 0.234 e. The van der Waals surface area contributed by atoms with Crippen LogP contribution >= 0.6 is 23.1 Å². The van der Waals surface area contributed by atoms with Crippen LogP contribution in [0.3, 0.4) is 0 Å². The number of benzene rings is 2. The van der Waals surface area contributed by atoms with Gasteiger partial charge in [0.2, 0.25) is 5.91 Å². The van der Waals surface area contributed by atoms with Crippen molar-refractivity contribution in [2.75, 3.05) is 11.1 Å². The summed E-state index contributed by atoms with van der Waals surface area (Å²) in [5.41, 5.74) is 1.28. The van der Waals surface area contributed by atoms with Gasteiger partial charge in [0.05, 0.1) is 5.75 Å². The lowest BCUT2D eigenvalue weighted by Gasteiger charge is -2.10. The summed E-state index contributed by atoms with van der Waals surface area (Å²) in [6.07, 6.45) is 1.47. The molecule has 1 N–H and O–H groups in total. The molecule has 0 fully saturated rings. The molecule has 2 aromatic carbocycles. The van der Waals surface area contributed by atoms with Gasteiger partial charge in [-0.2, -0.15) is 0 Å². The normalized spacial score (nSPS) is 10.9. The van der Waals surface area contributed by atoms with Crippen molar-refractivity contribution in [2.24, 2.45) is 0 Å². The van der Waals surface area contributed by atoms with Crippen molar-refractivity contribution in [3.05, 3.63) is 93.9 Å². The molecule has 0 saturated heterocycles. The summed E-state index contributed by atoms with van der Waals surface area (Å²) in [7, 11) is 0. The number of hydrogen-bond donors (Lipinski definition) is 1. The summed E-state index contributed by atoms with van der Waals surface area (Å²) in [5.74, 6) is -0.991. The quantitative estimate of drug-likeness (QED) is 0.343. The van der Waals surface area contributed by atoms with Gasteiger partial charge >= 0.3 is 0 Å². The summed E-state index contributed by atoms with van der Waals surface area (Å²) >= 11 is 2.90. The molecule has 0 spiro atoms. The molecule has 32 heavy (non-hydrogen) atoms. The van der Waals surface area contributed by atoms with Crippen LogP contribution in [-0.4, -0.2) is 26.4 Å². The molecule has 164 valence electrons. The molecule has 0 atom stereocenters. The minimum atomic E-state index is -0.744. The lowest BCUT2D eigenvalue weighted by molar-refractivity contribution is -0.113. The third-order valence-electron chi connectivity index (χ3n) is 4.65. The van der Waals surface area contributed by atoms with Crippen molar-refractivity contribution in [3.63, 3.8) is 0 Å². The number of aryl methyl sites for hydroxylation is 1. The van der Waals surface area contributed by atoms with Gasteiger partial charge in [0, 0.05) is 29.6 Å². The van der Waals surface area contributed by atoms with E-state index in [1.807, 2.05) is 34.2 Å². The van der Waals surface area contributed by atoms with Gasteiger partial charge in [-0.1, -0.05) is 48.2 Å². The van der Waals surface area contributed by atoms with Gasteiger partial charge in [-0.25, -0.2) is 8.78 Å². The predicted octanol–water partition coefficient (Wildman–Crippen LogP) is 5.18. The number of amides is 1. The molecule has 2 heterocycles. The second kappa shape index (κ2) is 10.5. The van der Waals surface area contributed by atoms with E-state index in [2.05, 4.69) is 33.7 Å². The zero-order valence-electron chi connectivity index (χ0n) is 17.0. The fourth-order valence-electron chi connectivity index (χ4n) is 3.19. The van der Waals surface area contributed by atoms with Gasteiger partial charge < -0.3 is 9.88 Å². The third-order valence-corrected chi connectivity index (χ3v) is 6.49. The third kappa shape index (κ3) is 6.02. The number of carbonyl (C=O) groups excluding carboxylic acids is 1. The summed E-state index contributed by atoms with van der Waals surface area (Å²) in [6.45, 7) is 0.677. The Balaban J connectivity index is 1.45. The average molecular weight is 471 g/mol. The van der Waals surface area contributed by atoms with Crippen LogP contribution in [0.1, 0.15) is 16.3 Å². The second-order valence-corrected chi connectivity index (χ2v) is 9.01. The summed E-state index contributed by atoms with van der Waals surface area (Å²) in [5, 5.41) is 13.8. The molecule has 0 aliphatic carbocycles. The molecule has 0 saturated carbocycles. The highest BCUT2D eigenvalue weighted by molar-refractivity contribution is 7.99. The van der Waals surface area contributed by atoms with E-state index < -0.39 is 11.6 Å². The Morgan fingerprint density at radius 1 is 1.03 bits per heavy atom. The lowest BCUT2D eigenvalue weighted by Crippen LogP contribution is -2.15. The van der Waals surface area contributed by atoms with Crippen LogP contribution in [0.5, 0.6) is 0 Å². The van der Waals surface area contributed by atoms with E-state index in [-0.39, 0.29) is 17.3 Å². The van der Waals surface area contributed by atoms with Crippen LogP contribution in [0.2, 0.25) is 0 Å². The van der Waals surface area contributed by atoms with E-state index in [4.69, 9.17) is 0 Å². The van der Waals surface area contributed by atoms with Gasteiger partial charge in [-0.05, 0) is 35.6 Å². The molecule has 1 amide bonds. The minimum absolute atomic E-state index is 0.0423. The molecule has 4 rings (SSSR count). The Labute approximate surface area is 192 Å². The number of anilines is 1. The monoisotopic (exact) mass is 470 g/mol. The van der Waals surface area contributed by atoms with Gasteiger partial charge in [0.15, 0.2) is 5.16 Å². The summed E-state index contributed by atoms with van der Waals surface area (Å²) in [6, 6.07) is 17.1. The molecular formula is C23H20F2N4OS2. The summed E-state index contributed by atoms with van der Waals surface area (Å²) in [4.78, 5) is 13.5. The van der Waals surface area contributed by atoms with Gasteiger partial charge in [0.25, 0.3) is 0 Å². The Bertz CT molecular complexity index is 1160. The maximum absolute atomic E-state index is 13.3. The van der Waals surface area contributed by atoms with Gasteiger partial charge in [0.1, 0.15) is 17.5 Å². The molecule has 0 radical (unpaired) electrons. The molecule has 0 aliphatic rings. The van der Waals surface area contributed by atoms with E-state index in [0.717, 1.165) is 30.4 Å². The number of carbonyl (C=O) groups is 1. The Kier molecular flexibility index (Phi) is 7.28. The molecule has 9 heteroatoms. The lowest BCUT2D eigenvalue weighted by atomic mass is 10.1. The average Bonchev–Trinajstić information content (AvgIpc) is 3.41. The van der Waals surface area contributed by atoms with Crippen molar-refractivity contribution >= 4 is 34.7 Å². The fourth-order valence-corrected chi connectivity index (χ4v) is 4.67. The Morgan fingerprint density at radius 2 is 1.81 bits per heavy atom. The molecule has 0 bridgehead atoms. The number of nitrogens with zero attached hydrogens (tertiary/aromatic N) is 3. The maximum atomic E-state index is 13.3. The van der Waals surface area contributed by atoms with Crippen molar-refractivity contribution in [2.45, 2.75) is 24.5 Å². The zero-order valence-corrected chi connectivity index (χ0v) is 18.6. The van der Waals surface area contributed by atoms with E-state index in [1.165, 1.54) is 22.2 Å². The first-order valence-electron chi connectivity index (χ1n) is 9.94. The van der Waals surface area contributed by atoms with Crippen molar-refractivity contribution < 1.29 is 13.6 Å². The van der Waals surface area contributed by atoms with E-state index in [9.17, 15) is 13.6 Å². The zero-order chi connectivity index (χ0) is 22.3. The van der Waals surface area contributed by atoms with E-state index in [0.29, 0.717) is 18.1 Å². The molecule has 2 aromatic heterocycles. The number of hydrogen-bond acceptors (Lipinski definition) is 5. The van der Waals surface area contributed by atoms with Crippen LogP contribution in [0.25, 0.3) is 0 Å². The van der Waals surface area contributed by atoms with Crippen molar-refractivity contribution in [1.29, 1.82) is 0 Å². The van der Waals surface area contributed by atoms with Crippen molar-refractivity contribution in [1.82, 2.24) is 14.8 Å². The minimum Gasteiger partial charge on any atom is -0.325 e. The maximum Gasteiger partial charge on any atom is 0.234 e. The summed E-state index contributed by atoms with van der Waals surface area (Å²) < 4.78 is 28.7. The topological polar surface area (TPSA) is 59.8 Å². The van der Waals surface area contributed by atoms with Crippen LogP contribution in [0.15, 0.2) is 71.2 Å². The predicted molar refractivity (Wildman–Crippen MR) is 123 cm³/mol. The number of thiophene rings is 1. The Morgan fingerprint density at radius 3 is 2.53 bits per heavy atom. The standard InChI is InChI=1S/C23H20F2N4OS2/c24-17-11-18(25)13-19(12-17)26-22(30)15-32-23-28-27-21(14-20-7-4-10-31-20)29(23)9-8-16-5-2-1-3-6-16/h1-7,10-13H,8-9,14-15H2,(H,26,30). The second-order valence-electron chi connectivity index (χ2n) is 7.04. The molecule has 0 aliphatic heterocycles. The first-order chi connectivity index (χ1) is 15.6. The van der Waals surface area contributed by atoms with Crippen LogP contribution in [0, 0.1) is 11.6 Å². The highest BCUT2D eigenvalue weighted by atomic mass is 32.2. The number of halogens is 2. The van der Waals surface area contributed by atoms with Crippen molar-refractivity contribution in [3.8, 4) is 0 Å². The first-order valence-corrected chi connectivity index (χ1v) is 11.8. The Hall–Kier alpha value is -3.04. The highest BCUT2D eigenvalue weighted by Crippen LogP contribution is 2.22. The highest BCUT2D eigenvalue weighted by Gasteiger charge is 2.16. The molecule has 5 nitrogen and oxygen atoms in total. The van der Waals surface area contributed by atoms with Gasteiger partial charge in [-0.3, -0.25) is 4.79 Å². The first kappa shape index (κ1) is 22.2. The largest absolute Gasteiger partial charge is 0.325 e. The molecule has 0 unspecified atom stereocenters. The number of aromatic nitrogens is 3. The fraction of sp³-hybridized carbons (Fsp3) is 0.174. The number of thioether (sulfide) groups is 1. The van der Waals surface area contributed by atoms with Crippen LogP contribution in [0.4, 0.5) is 14.5 Å². The van der Waals surface area contributed by atoms with Gasteiger partial charge in [-0.15, -0.1) is 21.5 Å².